The van der Waals surface area contributed by atoms with E-state index in [0.29, 0.717) is 38.9 Å². The molecule has 0 bridgehead atoms. The highest BCUT2D eigenvalue weighted by atomic mass is 127. The minimum absolute atomic E-state index is 0.0295. The molecule has 4 rings (SSSR count). The van der Waals surface area contributed by atoms with Gasteiger partial charge in [0, 0.05) is 30.0 Å². The van der Waals surface area contributed by atoms with Gasteiger partial charge in [-0.15, -0.1) is 0 Å². The average molecular weight is 852 g/mol. The summed E-state index contributed by atoms with van der Waals surface area (Å²) in [6.07, 6.45) is 3.06. The highest BCUT2D eigenvalue weighted by Gasteiger charge is 2.17. The first-order chi connectivity index (χ1) is 18.9. The number of nitrogen functional groups attached to an aromatic ring is 1. The van der Waals surface area contributed by atoms with Crippen LogP contribution in [0.15, 0.2) is 48.8 Å². The largest absolute Gasteiger partial charge is 0.494 e. The number of halogens is 6. The van der Waals surface area contributed by atoms with Crippen LogP contribution in [0.2, 0.25) is 20.1 Å². The topological polar surface area (TPSA) is 132 Å². The Labute approximate surface area is 275 Å². The number of hydrogen-bond donors (Lipinski definition) is 1. The van der Waals surface area contributed by atoms with Crippen molar-refractivity contribution in [3.8, 4) is 34.8 Å². The maximum Gasteiger partial charge on any atom is 0.272 e. The lowest BCUT2D eigenvalue weighted by atomic mass is 10.3. The number of methoxy groups -OCH3 is 2. The van der Waals surface area contributed by atoms with Crippen LogP contribution in [-0.4, -0.2) is 29.1 Å². The van der Waals surface area contributed by atoms with Gasteiger partial charge in [0.05, 0.1) is 58.8 Å². The van der Waals surface area contributed by atoms with Crippen molar-refractivity contribution in [2.45, 2.75) is 0 Å². The monoisotopic (exact) mass is 850 g/mol. The number of anilines is 1. The van der Waals surface area contributed by atoms with E-state index in [-0.39, 0.29) is 27.4 Å². The lowest BCUT2D eigenvalue weighted by molar-refractivity contribution is -0.384. The Bertz CT molecular complexity index is 1520. The van der Waals surface area contributed by atoms with Crippen LogP contribution in [0.5, 0.6) is 34.8 Å². The molecule has 2 N–H and O–H groups in total. The van der Waals surface area contributed by atoms with Crippen molar-refractivity contribution in [1.82, 2.24) is 9.97 Å². The highest BCUT2D eigenvalue weighted by molar-refractivity contribution is 14.1. The number of pyridine rings is 2. The van der Waals surface area contributed by atoms with Crippen LogP contribution in [0, 0.1) is 17.3 Å². The molecule has 10 nitrogen and oxygen atoms in total. The van der Waals surface area contributed by atoms with E-state index >= 15 is 0 Å². The molecule has 0 aliphatic rings. The van der Waals surface area contributed by atoms with Gasteiger partial charge in [-0.1, -0.05) is 46.4 Å². The summed E-state index contributed by atoms with van der Waals surface area (Å²) in [5.41, 5.74) is 5.88. The molecular weight excluding hydrogens is 836 g/mol. The first-order valence-electron chi connectivity index (χ1n) is 10.6. The third kappa shape index (κ3) is 8.39. The van der Waals surface area contributed by atoms with Crippen molar-refractivity contribution in [3.05, 3.63) is 86.1 Å². The Hall–Kier alpha value is -2.24. The molecule has 16 heteroatoms. The van der Waals surface area contributed by atoms with E-state index in [1.807, 2.05) is 0 Å². The summed E-state index contributed by atoms with van der Waals surface area (Å²) in [6.45, 7) is 0. The van der Waals surface area contributed by atoms with Gasteiger partial charge < -0.3 is 24.7 Å². The number of non-ortho nitro benzene ring substituents is 1. The molecule has 2 heterocycles. The van der Waals surface area contributed by atoms with Gasteiger partial charge in [-0.2, -0.15) is 0 Å². The lowest BCUT2D eigenvalue weighted by Crippen LogP contribution is -1.95. The van der Waals surface area contributed by atoms with Gasteiger partial charge in [-0.25, -0.2) is 9.97 Å². The Morgan fingerprint density at radius 1 is 0.750 bits per heavy atom. The summed E-state index contributed by atoms with van der Waals surface area (Å²) < 4.78 is 22.9. The van der Waals surface area contributed by atoms with Crippen molar-refractivity contribution in [2.24, 2.45) is 0 Å². The van der Waals surface area contributed by atoms with Crippen LogP contribution in [0.4, 0.5) is 11.4 Å². The van der Waals surface area contributed by atoms with Crippen LogP contribution in [-0.2, 0) is 0 Å². The van der Waals surface area contributed by atoms with Crippen molar-refractivity contribution < 1.29 is 23.9 Å². The average Bonchev–Trinajstić information content (AvgIpc) is 2.88. The third-order valence-corrected chi connectivity index (χ3v) is 7.47. The summed E-state index contributed by atoms with van der Waals surface area (Å²) in [6, 6.07) is 8.82. The fourth-order valence-corrected chi connectivity index (χ4v) is 5.23. The van der Waals surface area contributed by atoms with Gasteiger partial charge in [0.25, 0.3) is 5.69 Å². The van der Waals surface area contributed by atoms with Crippen molar-refractivity contribution in [2.75, 3.05) is 20.0 Å². The highest BCUT2D eigenvalue weighted by Crippen LogP contribution is 2.40. The molecule has 0 radical (unpaired) electrons. The maximum atomic E-state index is 10.7. The molecule has 0 atom stereocenters. The molecule has 2 aromatic carbocycles. The first kappa shape index (κ1) is 32.3. The summed E-state index contributed by atoms with van der Waals surface area (Å²) >= 11 is 28.2. The van der Waals surface area contributed by atoms with E-state index in [1.54, 1.807) is 37.6 Å². The summed E-state index contributed by atoms with van der Waals surface area (Å²) in [7, 11) is 3.11. The van der Waals surface area contributed by atoms with Crippen LogP contribution in [0.3, 0.4) is 0 Å². The van der Waals surface area contributed by atoms with Crippen molar-refractivity contribution >= 4 is 103 Å². The second kappa shape index (κ2) is 14.6. The normalized spacial score (nSPS) is 10.3. The minimum atomic E-state index is -0.587. The molecule has 0 amide bonds. The SMILES string of the molecule is COc1cnc(Oc2c(Cl)cc(N)cc2Cl)cc1I.COc1cnc(Oc2c(Cl)cc([N+](=O)[O-])cc2Cl)cc1I. The molecule has 0 unspecified atom stereocenters. The van der Waals surface area contributed by atoms with Crippen molar-refractivity contribution in [1.29, 1.82) is 0 Å². The number of nitrogens with two attached hydrogens (primary N) is 1. The number of benzene rings is 2. The number of nitro benzene ring substituents is 1. The van der Waals surface area contributed by atoms with Gasteiger partial charge in [-0.3, -0.25) is 10.1 Å². The molecule has 40 heavy (non-hydrogen) atoms. The standard InChI is InChI=1S/C12H7Cl2IN2O4.C12H9Cl2IN2O2/c1-20-10-5-16-11(4-9(10)15)21-12-7(13)2-6(17(18)19)3-8(12)14;1-18-10-5-17-11(4-9(10)15)19-12-7(13)2-6(16)3-8(12)14/h2-5H,1H3;2-5H,16H2,1H3. The van der Waals surface area contributed by atoms with Crippen LogP contribution in [0.25, 0.3) is 0 Å². The van der Waals surface area contributed by atoms with E-state index in [2.05, 4.69) is 55.1 Å². The molecule has 0 saturated heterocycles. The molecule has 4 aromatic rings. The van der Waals surface area contributed by atoms with Gasteiger partial charge in [0.15, 0.2) is 23.0 Å². The first-order valence-corrected chi connectivity index (χ1v) is 14.2. The molecule has 0 aliphatic heterocycles. The number of nitrogens with zero attached hydrogens (tertiary/aromatic N) is 3. The Balaban J connectivity index is 0.000000222. The van der Waals surface area contributed by atoms with Crippen LogP contribution >= 0.6 is 91.6 Å². The molecule has 0 spiro atoms. The molecule has 0 saturated carbocycles. The van der Waals surface area contributed by atoms with Crippen LogP contribution in [0.1, 0.15) is 0 Å². The zero-order chi connectivity index (χ0) is 29.6. The molecule has 0 aliphatic carbocycles. The smallest absolute Gasteiger partial charge is 0.272 e. The van der Waals surface area contributed by atoms with E-state index < -0.39 is 4.92 Å². The van der Waals surface area contributed by atoms with E-state index in [0.717, 1.165) is 19.3 Å². The number of aromatic nitrogens is 2. The second-order valence-corrected chi connectivity index (χ2v) is 11.3. The summed E-state index contributed by atoms with van der Waals surface area (Å²) in [4.78, 5) is 18.3. The summed E-state index contributed by atoms with van der Waals surface area (Å²) in [5.74, 6) is 2.33. The zero-order valence-corrected chi connectivity index (χ0v) is 27.6. The van der Waals surface area contributed by atoms with Gasteiger partial charge >= 0.3 is 0 Å². The minimum Gasteiger partial charge on any atom is -0.494 e. The quantitative estimate of drug-likeness (QED) is 0.0838. The number of rotatable bonds is 7. The molecule has 0 fully saturated rings. The van der Waals surface area contributed by atoms with Crippen molar-refractivity contribution in [3.63, 3.8) is 0 Å². The van der Waals surface area contributed by atoms with E-state index in [4.69, 9.17) is 71.1 Å². The fraction of sp³-hybridized carbons (Fsp3) is 0.0833. The molecule has 210 valence electrons. The Morgan fingerprint density at radius 2 is 1.12 bits per heavy atom. The zero-order valence-electron chi connectivity index (χ0n) is 20.3. The predicted molar refractivity (Wildman–Crippen MR) is 171 cm³/mol. The van der Waals surface area contributed by atoms with Crippen LogP contribution < -0.4 is 24.7 Å². The Morgan fingerprint density at radius 3 is 1.45 bits per heavy atom. The number of hydrogen-bond acceptors (Lipinski definition) is 9. The van der Waals surface area contributed by atoms with Gasteiger partial charge in [-0.05, 0) is 57.3 Å². The lowest BCUT2D eigenvalue weighted by Gasteiger charge is -2.10. The predicted octanol–water partition coefficient (Wildman–Crippen LogP) is 9.08. The molecular formula is C24H16Cl4I2N4O6. The maximum absolute atomic E-state index is 10.7. The molecule has 2 aromatic heterocycles. The summed E-state index contributed by atoms with van der Waals surface area (Å²) in [5, 5.41) is 11.4. The second-order valence-electron chi connectivity index (χ2n) is 7.33. The fourth-order valence-electron chi connectivity index (χ4n) is 2.85. The van der Waals surface area contributed by atoms with E-state index in [1.165, 1.54) is 13.3 Å². The third-order valence-electron chi connectivity index (χ3n) is 4.66. The van der Waals surface area contributed by atoms with E-state index in [9.17, 15) is 10.1 Å². The van der Waals surface area contributed by atoms with Gasteiger partial charge in [0.1, 0.15) is 0 Å². The number of ether oxygens (including phenoxy) is 4. The van der Waals surface area contributed by atoms with Gasteiger partial charge in [0.2, 0.25) is 11.8 Å². The number of nitro groups is 1. The Kier molecular flexibility index (Phi) is 11.8.